The van der Waals surface area contributed by atoms with Gasteiger partial charge in [-0.15, -0.1) is 0 Å². The van der Waals surface area contributed by atoms with E-state index in [1.807, 2.05) is 18.2 Å². The molecule has 4 heteroatoms. The summed E-state index contributed by atoms with van der Waals surface area (Å²) in [6.07, 6.45) is 2.90. The number of nitrogens with zero attached hydrogens (tertiary/aromatic N) is 1. The van der Waals surface area contributed by atoms with Crippen LogP contribution in [0.2, 0.25) is 0 Å². The number of methoxy groups -OCH3 is 1. The molecule has 1 amide bonds. The number of aliphatic hydroxyl groups excluding tert-OH is 1. The Kier molecular flexibility index (Phi) is 4.43. The third-order valence-electron chi connectivity index (χ3n) is 3.77. The number of hydrogen-bond donors (Lipinski definition) is 1. The fourth-order valence-corrected chi connectivity index (χ4v) is 2.70. The maximum absolute atomic E-state index is 12.4. The smallest absolute Gasteiger partial charge is 0.229 e. The van der Waals surface area contributed by atoms with Gasteiger partial charge in [-0.1, -0.05) is 6.07 Å². The van der Waals surface area contributed by atoms with Crippen LogP contribution in [-0.4, -0.2) is 43.2 Å². The molecule has 0 saturated carbocycles. The first kappa shape index (κ1) is 13.9. The van der Waals surface area contributed by atoms with Gasteiger partial charge in [-0.3, -0.25) is 4.79 Å². The number of carbonyl (C=O) groups excluding carboxylic acids is 1. The maximum atomic E-state index is 12.4. The summed E-state index contributed by atoms with van der Waals surface area (Å²) in [5.41, 5.74) is 2.32. The highest BCUT2D eigenvalue weighted by atomic mass is 16.5. The lowest BCUT2D eigenvalue weighted by Gasteiger charge is -2.28. The van der Waals surface area contributed by atoms with Gasteiger partial charge in [0.15, 0.2) is 0 Å². The van der Waals surface area contributed by atoms with Crippen LogP contribution in [0.3, 0.4) is 0 Å². The van der Waals surface area contributed by atoms with Gasteiger partial charge in [0.05, 0.1) is 19.6 Å². The zero-order chi connectivity index (χ0) is 13.8. The highest BCUT2D eigenvalue weighted by molar-refractivity contribution is 5.84. The molecule has 0 spiro atoms. The topological polar surface area (TPSA) is 49.8 Å². The van der Waals surface area contributed by atoms with Crippen molar-refractivity contribution in [2.75, 3.05) is 27.3 Å². The summed E-state index contributed by atoms with van der Waals surface area (Å²) in [5, 5.41) is 8.94. The highest BCUT2D eigenvalue weighted by Gasteiger charge is 2.28. The van der Waals surface area contributed by atoms with Crippen LogP contribution in [0.25, 0.3) is 0 Å². The van der Waals surface area contributed by atoms with E-state index in [0.29, 0.717) is 6.54 Å². The van der Waals surface area contributed by atoms with Crippen LogP contribution in [0, 0.1) is 0 Å². The fourth-order valence-electron chi connectivity index (χ4n) is 2.70. The van der Waals surface area contributed by atoms with Gasteiger partial charge < -0.3 is 14.7 Å². The Morgan fingerprint density at radius 3 is 3.00 bits per heavy atom. The number of likely N-dealkylation sites (N-methyl/N-ethyl adjacent to an activating group) is 1. The molecule has 1 aliphatic rings. The van der Waals surface area contributed by atoms with Gasteiger partial charge in [-0.2, -0.15) is 0 Å². The molecule has 1 unspecified atom stereocenters. The molecule has 1 aromatic rings. The number of amides is 1. The van der Waals surface area contributed by atoms with E-state index in [2.05, 4.69) is 0 Å². The van der Waals surface area contributed by atoms with Crippen LogP contribution in [0.4, 0.5) is 0 Å². The third kappa shape index (κ3) is 2.89. The van der Waals surface area contributed by atoms with Crippen molar-refractivity contribution >= 4 is 5.91 Å². The molecule has 2 rings (SSSR count). The van der Waals surface area contributed by atoms with E-state index >= 15 is 0 Å². The zero-order valence-corrected chi connectivity index (χ0v) is 11.6. The van der Waals surface area contributed by atoms with E-state index in [9.17, 15) is 4.79 Å². The lowest BCUT2D eigenvalue weighted by Crippen LogP contribution is -2.35. The monoisotopic (exact) mass is 263 g/mol. The highest BCUT2D eigenvalue weighted by Crippen LogP contribution is 2.34. The summed E-state index contributed by atoms with van der Waals surface area (Å²) in [7, 11) is 3.40. The number of carbonyl (C=O) groups is 1. The largest absolute Gasteiger partial charge is 0.497 e. The summed E-state index contributed by atoms with van der Waals surface area (Å²) < 4.78 is 5.23. The van der Waals surface area contributed by atoms with E-state index in [1.165, 1.54) is 5.56 Å². The molecular weight excluding hydrogens is 242 g/mol. The predicted molar refractivity (Wildman–Crippen MR) is 73.4 cm³/mol. The Balaban J connectivity index is 2.24. The minimum absolute atomic E-state index is 0.00439. The Hall–Kier alpha value is -1.55. The first-order chi connectivity index (χ1) is 9.17. The molecule has 104 valence electrons. The van der Waals surface area contributed by atoms with Crippen LogP contribution in [0.1, 0.15) is 29.9 Å². The molecule has 1 N–H and O–H groups in total. The lowest BCUT2D eigenvalue weighted by atomic mass is 9.82. The Labute approximate surface area is 114 Å². The molecular formula is C15H21NO3. The van der Waals surface area contributed by atoms with Gasteiger partial charge in [-0.25, -0.2) is 0 Å². The average Bonchev–Trinajstić information content (AvgIpc) is 2.45. The van der Waals surface area contributed by atoms with Crippen molar-refractivity contribution in [2.24, 2.45) is 0 Å². The molecule has 0 radical (unpaired) electrons. The molecule has 1 aromatic carbocycles. The summed E-state index contributed by atoms with van der Waals surface area (Å²) in [6, 6.07) is 5.94. The van der Waals surface area contributed by atoms with Crippen molar-refractivity contribution in [2.45, 2.75) is 25.2 Å². The predicted octanol–water partition coefficient (Wildman–Crippen LogP) is 1.57. The van der Waals surface area contributed by atoms with Crippen LogP contribution >= 0.6 is 0 Å². The molecule has 1 atom stereocenters. The molecule has 0 fully saturated rings. The van der Waals surface area contributed by atoms with Crippen molar-refractivity contribution in [3.8, 4) is 5.75 Å². The van der Waals surface area contributed by atoms with Crippen molar-refractivity contribution in [3.05, 3.63) is 29.3 Å². The second-order valence-electron chi connectivity index (χ2n) is 4.99. The first-order valence-corrected chi connectivity index (χ1v) is 6.70. The molecule has 0 heterocycles. The summed E-state index contributed by atoms with van der Waals surface area (Å²) in [4.78, 5) is 14.0. The molecule has 0 bridgehead atoms. The normalized spacial score (nSPS) is 17.7. The van der Waals surface area contributed by atoms with Gasteiger partial charge in [-0.05, 0) is 42.5 Å². The van der Waals surface area contributed by atoms with Gasteiger partial charge in [0.2, 0.25) is 5.91 Å². The Morgan fingerprint density at radius 2 is 2.32 bits per heavy atom. The second kappa shape index (κ2) is 6.06. The molecule has 19 heavy (non-hydrogen) atoms. The van der Waals surface area contributed by atoms with Crippen molar-refractivity contribution in [1.82, 2.24) is 4.90 Å². The third-order valence-corrected chi connectivity index (χ3v) is 3.77. The number of rotatable bonds is 4. The average molecular weight is 263 g/mol. The van der Waals surface area contributed by atoms with Crippen LogP contribution in [0.5, 0.6) is 5.75 Å². The van der Waals surface area contributed by atoms with Gasteiger partial charge >= 0.3 is 0 Å². The Bertz CT molecular complexity index is 459. The number of aliphatic hydroxyl groups is 1. The first-order valence-electron chi connectivity index (χ1n) is 6.70. The molecule has 1 aliphatic carbocycles. The number of benzene rings is 1. The SMILES string of the molecule is COc1ccc2c(c1)CCCC2C(=O)N(C)CCO. The van der Waals surface area contributed by atoms with E-state index in [1.54, 1.807) is 19.1 Å². The van der Waals surface area contributed by atoms with Gasteiger partial charge in [0, 0.05) is 13.6 Å². The van der Waals surface area contributed by atoms with Crippen LogP contribution in [-0.2, 0) is 11.2 Å². The van der Waals surface area contributed by atoms with E-state index in [4.69, 9.17) is 9.84 Å². The number of hydrogen-bond acceptors (Lipinski definition) is 3. The van der Waals surface area contributed by atoms with E-state index < -0.39 is 0 Å². The number of ether oxygens (including phenoxy) is 1. The summed E-state index contributed by atoms with van der Waals surface area (Å²) in [6.45, 7) is 0.394. The number of fused-ring (bicyclic) bond motifs is 1. The number of aryl methyl sites for hydroxylation is 1. The quantitative estimate of drug-likeness (QED) is 0.897. The van der Waals surface area contributed by atoms with E-state index in [-0.39, 0.29) is 18.4 Å². The van der Waals surface area contributed by atoms with Gasteiger partial charge in [0.25, 0.3) is 0 Å². The van der Waals surface area contributed by atoms with Crippen LogP contribution < -0.4 is 4.74 Å². The van der Waals surface area contributed by atoms with Crippen molar-refractivity contribution in [3.63, 3.8) is 0 Å². The molecule has 4 nitrogen and oxygen atoms in total. The van der Waals surface area contributed by atoms with Crippen molar-refractivity contribution in [1.29, 1.82) is 0 Å². The summed E-state index contributed by atoms with van der Waals surface area (Å²) >= 11 is 0. The lowest BCUT2D eigenvalue weighted by molar-refractivity contribution is -0.132. The maximum Gasteiger partial charge on any atom is 0.229 e. The zero-order valence-electron chi connectivity index (χ0n) is 11.6. The standard InChI is InChI=1S/C15H21NO3/c1-16(8-9-17)15(18)14-5-3-4-11-10-12(19-2)6-7-13(11)14/h6-7,10,14,17H,3-5,8-9H2,1-2H3. The summed E-state index contributed by atoms with van der Waals surface area (Å²) in [5.74, 6) is 0.863. The second-order valence-corrected chi connectivity index (χ2v) is 4.99. The minimum atomic E-state index is -0.0776. The molecule has 0 aliphatic heterocycles. The van der Waals surface area contributed by atoms with E-state index in [0.717, 1.165) is 30.6 Å². The van der Waals surface area contributed by atoms with Crippen molar-refractivity contribution < 1.29 is 14.6 Å². The molecule has 0 aromatic heterocycles. The van der Waals surface area contributed by atoms with Gasteiger partial charge in [0.1, 0.15) is 5.75 Å². The van der Waals surface area contributed by atoms with Crippen LogP contribution in [0.15, 0.2) is 18.2 Å². The molecule has 0 saturated heterocycles. The minimum Gasteiger partial charge on any atom is -0.497 e. The Morgan fingerprint density at radius 1 is 1.53 bits per heavy atom. The fraction of sp³-hybridized carbons (Fsp3) is 0.533.